The van der Waals surface area contributed by atoms with E-state index in [4.69, 9.17) is 0 Å². The summed E-state index contributed by atoms with van der Waals surface area (Å²) < 4.78 is 56.2. The molecule has 4 bridgehead atoms. The van der Waals surface area contributed by atoms with Gasteiger partial charge in [0.2, 0.25) is 0 Å². The van der Waals surface area contributed by atoms with Crippen molar-refractivity contribution in [3.8, 4) is 0 Å². The van der Waals surface area contributed by atoms with E-state index in [1.165, 1.54) is 11.1 Å². The summed E-state index contributed by atoms with van der Waals surface area (Å²) in [6.45, 7) is 4.67. The normalized spacial score (nSPS) is 39.6. The van der Waals surface area contributed by atoms with Crippen molar-refractivity contribution in [1.82, 2.24) is 0 Å². The highest BCUT2D eigenvalue weighted by atomic mass is 32.2. The van der Waals surface area contributed by atoms with E-state index in [9.17, 15) is 16.8 Å². The summed E-state index contributed by atoms with van der Waals surface area (Å²) in [7, 11) is -7.62. The zero-order valence-electron chi connectivity index (χ0n) is 18.8. The SMILES string of the molecule is CC1(C)C2C3CC(C4=C3C3CC4C(S(=O)(=O)c4ccccc4)C3S(=O)(=O)c3ccccc3)C21. The molecule has 6 heteroatoms. The van der Waals surface area contributed by atoms with Gasteiger partial charge in [0.05, 0.1) is 20.3 Å². The first-order valence-electron chi connectivity index (χ1n) is 12.0. The number of rotatable bonds is 4. The average Bonchev–Trinajstić information content (AvgIpc) is 3.36. The smallest absolute Gasteiger partial charge is 0.183 e. The second-order valence-electron chi connectivity index (χ2n) is 11.3. The number of benzene rings is 2. The molecule has 0 amide bonds. The van der Waals surface area contributed by atoms with Crippen LogP contribution in [0.2, 0.25) is 0 Å². The Morgan fingerprint density at radius 1 is 0.606 bits per heavy atom. The quantitative estimate of drug-likeness (QED) is 0.476. The van der Waals surface area contributed by atoms with Crippen LogP contribution in [0.4, 0.5) is 0 Å². The van der Waals surface area contributed by atoms with E-state index in [1.807, 2.05) is 0 Å². The van der Waals surface area contributed by atoms with E-state index < -0.39 is 30.2 Å². The molecule has 8 atom stereocenters. The van der Waals surface area contributed by atoms with Crippen LogP contribution in [0.1, 0.15) is 26.7 Å². The fourth-order valence-electron chi connectivity index (χ4n) is 8.80. The van der Waals surface area contributed by atoms with Crippen LogP contribution in [0.15, 0.2) is 81.6 Å². The van der Waals surface area contributed by atoms with Gasteiger partial charge in [-0.15, -0.1) is 0 Å². The van der Waals surface area contributed by atoms with Crippen molar-refractivity contribution in [2.45, 2.75) is 47.0 Å². The van der Waals surface area contributed by atoms with Crippen molar-refractivity contribution in [1.29, 1.82) is 0 Å². The first kappa shape index (κ1) is 20.5. The summed E-state index contributed by atoms with van der Waals surface area (Å²) in [5.74, 6) is 1.84. The second kappa shape index (κ2) is 6.19. The van der Waals surface area contributed by atoms with Gasteiger partial charge in [-0.1, -0.05) is 61.4 Å². The standard InChI is InChI=1S/C27H28O4S2/c1-27(2)23-17-13-18(24(23)27)22-20-14-19(21(17)22)25(32(28,29)15-9-5-3-6-10-15)26(20)33(30,31)16-11-7-4-8-12-16/h3-12,17-20,23-26H,13-14H2,1-2H3. The maximum Gasteiger partial charge on any atom is 0.183 e. The minimum Gasteiger partial charge on any atom is -0.223 e. The first-order valence-corrected chi connectivity index (χ1v) is 15.1. The Balaban J connectivity index is 1.41. The Morgan fingerprint density at radius 3 is 1.36 bits per heavy atom. The molecule has 172 valence electrons. The first-order chi connectivity index (χ1) is 15.7. The number of sulfone groups is 2. The van der Waals surface area contributed by atoms with Crippen molar-refractivity contribution in [2.24, 2.45) is 40.9 Å². The Bertz CT molecular complexity index is 1300. The number of fused-ring (bicyclic) bond motifs is 11. The minimum absolute atomic E-state index is 0.175. The fourth-order valence-corrected chi connectivity index (χ4v) is 13.8. The second-order valence-corrected chi connectivity index (χ2v) is 15.5. The third-order valence-electron chi connectivity index (χ3n) is 9.79. The predicted octanol–water partition coefficient (Wildman–Crippen LogP) is 4.54. The van der Waals surface area contributed by atoms with Gasteiger partial charge >= 0.3 is 0 Å². The van der Waals surface area contributed by atoms with Crippen molar-refractivity contribution in [2.75, 3.05) is 0 Å². The Hall–Kier alpha value is -1.92. The van der Waals surface area contributed by atoms with Gasteiger partial charge in [0.1, 0.15) is 0 Å². The maximum absolute atomic E-state index is 14.0. The monoisotopic (exact) mass is 480 g/mol. The van der Waals surface area contributed by atoms with Crippen LogP contribution in [-0.2, 0) is 19.7 Å². The summed E-state index contributed by atoms with van der Waals surface area (Å²) in [5, 5.41) is -1.82. The summed E-state index contributed by atoms with van der Waals surface area (Å²) >= 11 is 0. The fraction of sp³-hybridized carbons (Fsp3) is 0.481. The van der Waals surface area contributed by atoms with E-state index in [0.29, 0.717) is 35.5 Å². The Kier molecular flexibility index (Phi) is 3.84. The molecule has 4 nitrogen and oxygen atoms in total. The molecule has 2 aromatic rings. The molecule has 5 aliphatic rings. The lowest BCUT2D eigenvalue weighted by molar-refractivity contribution is 0.362. The van der Waals surface area contributed by atoms with Gasteiger partial charge in [0.25, 0.3) is 0 Å². The highest BCUT2D eigenvalue weighted by molar-refractivity contribution is 7.96. The van der Waals surface area contributed by atoms with Crippen LogP contribution < -0.4 is 0 Å². The molecule has 5 aliphatic carbocycles. The molecule has 8 unspecified atom stereocenters. The van der Waals surface area contributed by atoms with Gasteiger partial charge in [-0.05, 0) is 78.0 Å². The third kappa shape index (κ3) is 2.37. The zero-order chi connectivity index (χ0) is 22.9. The summed E-state index contributed by atoms with van der Waals surface area (Å²) in [4.78, 5) is 0.483. The van der Waals surface area contributed by atoms with Gasteiger partial charge < -0.3 is 0 Å². The van der Waals surface area contributed by atoms with Crippen LogP contribution in [0.3, 0.4) is 0 Å². The molecule has 3 fully saturated rings. The molecule has 0 aromatic heterocycles. The van der Waals surface area contributed by atoms with Gasteiger partial charge in [-0.25, -0.2) is 16.8 Å². The Morgan fingerprint density at radius 2 is 0.970 bits per heavy atom. The summed E-state index contributed by atoms with van der Waals surface area (Å²) in [5.41, 5.74) is 2.99. The Labute approximate surface area is 195 Å². The van der Waals surface area contributed by atoms with Crippen LogP contribution in [0.5, 0.6) is 0 Å². The van der Waals surface area contributed by atoms with E-state index in [-0.39, 0.29) is 21.6 Å². The van der Waals surface area contributed by atoms with Crippen molar-refractivity contribution in [3.05, 3.63) is 71.8 Å². The molecule has 3 saturated carbocycles. The third-order valence-corrected chi connectivity index (χ3v) is 14.5. The molecular formula is C27H28O4S2. The molecular weight excluding hydrogens is 452 g/mol. The van der Waals surface area contributed by atoms with Crippen LogP contribution in [0, 0.1) is 40.9 Å². The molecule has 0 N–H and O–H groups in total. The topological polar surface area (TPSA) is 68.3 Å². The lowest BCUT2D eigenvalue weighted by Crippen LogP contribution is -2.46. The van der Waals surface area contributed by atoms with Crippen molar-refractivity contribution < 1.29 is 16.8 Å². The highest BCUT2D eigenvalue weighted by Gasteiger charge is 2.77. The van der Waals surface area contributed by atoms with Crippen LogP contribution in [0.25, 0.3) is 0 Å². The van der Waals surface area contributed by atoms with Crippen LogP contribution >= 0.6 is 0 Å². The van der Waals surface area contributed by atoms with Gasteiger partial charge in [-0.2, -0.15) is 0 Å². The lowest BCUT2D eigenvalue weighted by atomic mass is 9.82. The van der Waals surface area contributed by atoms with E-state index in [0.717, 1.165) is 6.42 Å². The minimum atomic E-state index is -3.81. The summed E-state index contributed by atoms with van der Waals surface area (Å²) in [6, 6.07) is 16.9. The van der Waals surface area contributed by atoms with E-state index >= 15 is 0 Å². The molecule has 0 spiro atoms. The summed E-state index contributed by atoms with van der Waals surface area (Å²) in [6.07, 6.45) is 1.78. The number of hydrogen-bond donors (Lipinski definition) is 0. The van der Waals surface area contributed by atoms with Crippen LogP contribution in [-0.4, -0.2) is 27.3 Å². The largest absolute Gasteiger partial charge is 0.223 e. The molecule has 0 aliphatic heterocycles. The number of hydrogen-bond acceptors (Lipinski definition) is 4. The van der Waals surface area contributed by atoms with Gasteiger partial charge in [-0.3, -0.25) is 0 Å². The van der Waals surface area contributed by atoms with Gasteiger partial charge in [0, 0.05) is 0 Å². The molecule has 33 heavy (non-hydrogen) atoms. The molecule has 2 aromatic carbocycles. The average molecular weight is 481 g/mol. The van der Waals surface area contributed by atoms with Gasteiger partial charge in [0.15, 0.2) is 19.7 Å². The molecule has 0 saturated heterocycles. The maximum atomic E-state index is 14.0. The highest BCUT2D eigenvalue weighted by Crippen LogP contribution is 2.81. The van der Waals surface area contributed by atoms with E-state index in [2.05, 4.69) is 13.8 Å². The van der Waals surface area contributed by atoms with Crippen molar-refractivity contribution in [3.63, 3.8) is 0 Å². The molecule has 0 radical (unpaired) electrons. The van der Waals surface area contributed by atoms with Crippen molar-refractivity contribution >= 4 is 19.7 Å². The number of allylic oxidation sites excluding steroid dienone is 2. The zero-order valence-corrected chi connectivity index (χ0v) is 20.4. The molecule has 0 heterocycles. The molecule has 7 rings (SSSR count). The predicted molar refractivity (Wildman–Crippen MR) is 126 cm³/mol. The van der Waals surface area contributed by atoms with E-state index in [1.54, 1.807) is 60.7 Å². The lowest BCUT2D eigenvalue weighted by Gasteiger charge is -2.35.